The molecule has 3 aromatic carbocycles. The van der Waals surface area contributed by atoms with Crippen molar-refractivity contribution in [1.82, 2.24) is 10.2 Å². The Morgan fingerprint density at radius 1 is 0.927 bits per heavy atom. The van der Waals surface area contributed by atoms with Crippen LogP contribution >= 0.6 is 0 Å². The highest BCUT2D eigenvalue weighted by atomic mass is 32.2. The van der Waals surface area contributed by atoms with Crippen LogP contribution in [0, 0.1) is 6.92 Å². The van der Waals surface area contributed by atoms with Gasteiger partial charge in [0.05, 0.1) is 19.1 Å². The second kappa shape index (κ2) is 14.7. The molecule has 8 nitrogen and oxygen atoms in total. The molecule has 0 radical (unpaired) electrons. The zero-order valence-electron chi connectivity index (χ0n) is 24.5. The molecule has 0 spiro atoms. The molecule has 1 atom stereocenters. The van der Waals surface area contributed by atoms with Gasteiger partial charge < -0.3 is 15.0 Å². The van der Waals surface area contributed by atoms with Gasteiger partial charge in [-0.15, -0.1) is 0 Å². The molecule has 0 aliphatic carbocycles. The van der Waals surface area contributed by atoms with Crippen LogP contribution in [0.3, 0.4) is 0 Å². The maximum atomic E-state index is 13.9. The third-order valence-corrected chi connectivity index (χ3v) is 7.99. The molecule has 0 heterocycles. The lowest BCUT2D eigenvalue weighted by molar-refractivity contribution is -0.141. The topological polar surface area (TPSA) is 96.0 Å². The van der Waals surface area contributed by atoms with Gasteiger partial charge in [0.15, 0.2) is 0 Å². The first-order valence-corrected chi connectivity index (χ1v) is 15.6. The van der Waals surface area contributed by atoms with Crippen LogP contribution in [0.4, 0.5) is 5.69 Å². The number of benzene rings is 3. The van der Waals surface area contributed by atoms with Crippen molar-refractivity contribution < 1.29 is 22.7 Å². The predicted octanol–water partition coefficient (Wildman–Crippen LogP) is 4.71. The number of ether oxygens (including phenoxy) is 1. The number of nitrogens with zero attached hydrogens (tertiary/aromatic N) is 2. The van der Waals surface area contributed by atoms with E-state index in [9.17, 15) is 18.0 Å². The van der Waals surface area contributed by atoms with Crippen molar-refractivity contribution in [2.45, 2.75) is 58.7 Å². The van der Waals surface area contributed by atoms with Gasteiger partial charge in [-0.05, 0) is 56.0 Å². The number of methoxy groups -OCH3 is 1. The number of aryl methyl sites for hydroxylation is 1. The summed E-state index contributed by atoms with van der Waals surface area (Å²) in [6.45, 7) is 6.11. The second-order valence-corrected chi connectivity index (χ2v) is 12.3. The van der Waals surface area contributed by atoms with Crippen LogP contribution in [0.2, 0.25) is 0 Å². The third kappa shape index (κ3) is 9.08. The fourth-order valence-electron chi connectivity index (χ4n) is 4.72. The normalized spacial score (nSPS) is 12.0. The van der Waals surface area contributed by atoms with Crippen molar-refractivity contribution in [3.05, 3.63) is 95.6 Å². The van der Waals surface area contributed by atoms with E-state index < -0.39 is 16.1 Å². The number of carbonyl (C=O) groups is 2. The molecule has 3 rings (SSSR count). The summed E-state index contributed by atoms with van der Waals surface area (Å²) < 4.78 is 32.1. The Morgan fingerprint density at radius 2 is 1.56 bits per heavy atom. The quantitative estimate of drug-likeness (QED) is 0.298. The van der Waals surface area contributed by atoms with Crippen molar-refractivity contribution in [3.63, 3.8) is 0 Å². The predicted molar refractivity (Wildman–Crippen MR) is 163 cm³/mol. The van der Waals surface area contributed by atoms with E-state index in [0.29, 0.717) is 17.9 Å². The Hall–Kier alpha value is -3.85. The smallest absolute Gasteiger partial charge is 0.243 e. The molecule has 220 valence electrons. The summed E-state index contributed by atoms with van der Waals surface area (Å²) in [4.78, 5) is 29.1. The van der Waals surface area contributed by atoms with Crippen LogP contribution in [-0.4, -0.2) is 57.1 Å². The van der Waals surface area contributed by atoms with E-state index in [0.717, 1.165) is 22.9 Å². The molecule has 0 saturated heterocycles. The molecular formula is C32H41N3O5S. The molecule has 0 aliphatic rings. The fourth-order valence-corrected chi connectivity index (χ4v) is 5.69. The first-order chi connectivity index (χ1) is 19.5. The zero-order chi connectivity index (χ0) is 30.0. The molecule has 0 saturated carbocycles. The lowest BCUT2D eigenvalue weighted by atomic mass is 10.0. The first kappa shape index (κ1) is 31.7. The number of anilines is 1. The number of amides is 2. The summed E-state index contributed by atoms with van der Waals surface area (Å²) in [7, 11) is -2.16. The highest BCUT2D eigenvalue weighted by molar-refractivity contribution is 7.92. The Morgan fingerprint density at radius 3 is 2.20 bits per heavy atom. The first-order valence-electron chi connectivity index (χ1n) is 13.8. The molecule has 9 heteroatoms. The lowest BCUT2D eigenvalue weighted by Gasteiger charge is -2.33. The Bertz CT molecular complexity index is 1410. The third-order valence-electron chi connectivity index (χ3n) is 6.81. The SMILES string of the molecule is COc1ccccc1N(CCCC(=O)N(Cc1ccccc1C)C(Cc1ccccc1)C(=O)NC(C)C)S(C)(=O)=O. The van der Waals surface area contributed by atoms with E-state index in [4.69, 9.17) is 4.74 Å². The Kier molecular flexibility index (Phi) is 11.3. The van der Waals surface area contributed by atoms with Gasteiger partial charge in [-0.2, -0.15) is 0 Å². The molecule has 2 amide bonds. The van der Waals surface area contributed by atoms with Crippen LogP contribution in [0.1, 0.15) is 43.4 Å². The van der Waals surface area contributed by atoms with Gasteiger partial charge >= 0.3 is 0 Å². The maximum Gasteiger partial charge on any atom is 0.243 e. The van der Waals surface area contributed by atoms with E-state index in [1.54, 1.807) is 29.2 Å². The summed E-state index contributed by atoms with van der Waals surface area (Å²) >= 11 is 0. The number of para-hydroxylation sites is 2. The molecule has 3 aromatic rings. The number of carbonyl (C=O) groups excluding carboxylic acids is 2. The molecule has 0 aliphatic heterocycles. The van der Waals surface area contributed by atoms with Gasteiger partial charge in [-0.25, -0.2) is 8.42 Å². The van der Waals surface area contributed by atoms with Gasteiger partial charge in [0.2, 0.25) is 21.8 Å². The molecule has 0 fully saturated rings. The number of rotatable bonds is 14. The van der Waals surface area contributed by atoms with E-state index in [2.05, 4.69) is 5.32 Å². The van der Waals surface area contributed by atoms with E-state index in [-0.39, 0.29) is 43.8 Å². The van der Waals surface area contributed by atoms with Crippen molar-refractivity contribution >= 4 is 27.5 Å². The van der Waals surface area contributed by atoms with Crippen molar-refractivity contribution in [2.75, 3.05) is 24.2 Å². The standard InChI is InChI=1S/C32H41N3O5S/c1-24(2)33-32(37)29(22-26-15-7-6-8-16-26)34(23-27-17-10-9-14-25(27)3)31(36)20-13-21-35(41(5,38)39)28-18-11-12-19-30(28)40-4/h6-12,14-19,24,29H,13,20-23H2,1-5H3,(H,33,37). The number of nitrogens with one attached hydrogen (secondary N) is 1. The van der Waals surface area contributed by atoms with Crippen LogP contribution in [0.25, 0.3) is 0 Å². The average molecular weight is 580 g/mol. The number of hydrogen-bond donors (Lipinski definition) is 1. The zero-order valence-corrected chi connectivity index (χ0v) is 25.4. The van der Waals surface area contributed by atoms with Crippen LogP contribution in [0.5, 0.6) is 5.75 Å². The minimum atomic E-state index is -3.64. The van der Waals surface area contributed by atoms with Gasteiger partial charge in [0, 0.05) is 32.0 Å². The summed E-state index contributed by atoms with van der Waals surface area (Å²) in [6, 6.07) is 23.5. The summed E-state index contributed by atoms with van der Waals surface area (Å²) in [5, 5.41) is 2.99. The highest BCUT2D eigenvalue weighted by Gasteiger charge is 2.31. The molecule has 1 unspecified atom stereocenters. The van der Waals surface area contributed by atoms with Gasteiger partial charge in [0.25, 0.3) is 0 Å². The second-order valence-electron chi connectivity index (χ2n) is 10.4. The maximum absolute atomic E-state index is 13.9. The minimum absolute atomic E-state index is 0.0628. The number of hydrogen-bond acceptors (Lipinski definition) is 5. The van der Waals surface area contributed by atoms with Crippen molar-refractivity contribution in [2.24, 2.45) is 0 Å². The minimum Gasteiger partial charge on any atom is -0.495 e. The summed E-state index contributed by atoms with van der Waals surface area (Å²) in [5.74, 6) is -0.0159. The molecule has 0 bridgehead atoms. The fraction of sp³-hybridized carbons (Fsp3) is 0.375. The highest BCUT2D eigenvalue weighted by Crippen LogP contribution is 2.30. The van der Waals surface area contributed by atoms with Gasteiger partial charge in [0.1, 0.15) is 11.8 Å². The Labute approximate surface area is 244 Å². The summed E-state index contributed by atoms with van der Waals surface area (Å²) in [5.41, 5.74) is 3.33. The number of sulfonamides is 1. The van der Waals surface area contributed by atoms with Crippen molar-refractivity contribution in [3.8, 4) is 5.75 Å². The molecule has 41 heavy (non-hydrogen) atoms. The van der Waals surface area contributed by atoms with E-state index in [1.807, 2.05) is 75.4 Å². The van der Waals surface area contributed by atoms with Crippen LogP contribution in [0.15, 0.2) is 78.9 Å². The molecule has 1 N–H and O–H groups in total. The van der Waals surface area contributed by atoms with Gasteiger partial charge in [-0.3, -0.25) is 13.9 Å². The van der Waals surface area contributed by atoms with Crippen LogP contribution < -0.4 is 14.4 Å². The van der Waals surface area contributed by atoms with Gasteiger partial charge in [-0.1, -0.05) is 66.7 Å². The monoisotopic (exact) mass is 579 g/mol. The Balaban J connectivity index is 1.90. The molecular weight excluding hydrogens is 538 g/mol. The summed E-state index contributed by atoms with van der Waals surface area (Å²) in [6.07, 6.45) is 1.82. The van der Waals surface area contributed by atoms with Crippen LogP contribution in [-0.2, 0) is 32.6 Å². The average Bonchev–Trinajstić information content (AvgIpc) is 2.93. The van der Waals surface area contributed by atoms with E-state index in [1.165, 1.54) is 11.4 Å². The van der Waals surface area contributed by atoms with E-state index >= 15 is 0 Å². The largest absolute Gasteiger partial charge is 0.495 e. The lowest BCUT2D eigenvalue weighted by Crippen LogP contribution is -2.52. The van der Waals surface area contributed by atoms with Crippen molar-refractivity contribution in [1.29, 1.82) is 0 Å². The molecule has 0 aromatic heterocycles.